The first kappa shape index (κ1) is 18.6. The number of anilines is 4. The Morgan fingerprint density at radius 1 is 1.19 bits per heavy atom. The molecule has 0 aliphatic carbocycles. The van der Waals surface area contributed by atoms with Crippen LogP contribution in [0.5, 0.6) is 0 Å². The molecule has 1 fully saturated rings. The summed E-state index contributed by atoms with van der Waals surface area (Å²) in [4.78, 5) is 33.2. The molecule has 1 aliphatic rings. The lowest BCUT2D eigenvalue weighted by Crippen LogP contribution is -2.27. The number of nitrogens with zero attached hydrogens (tertiary/aromatic N) is 3. The van der Waals surface area contributed by atoms with Crippen LogP contribution in [0.1, 0.15) is 26.2 Å². The van der Waals surface area contributed by atoms with Crippen molar-refractivity contribution in [2.24, 2.45) is 0 Å². The number of amides is 2. The van der Waals surface area contributed by atoms with Crippen molar-refractivity contribution in [3.8, 4) is 0 Å². The molecule has 8 heteroatoms. The first-order valence-corrected chi connectivity index (χ1v) is 9.09. The minimum absolute atomic E-state index is 0.101. The third kappa shape index (κ3) is 5.67. The smallest absolute Gasteiger partial charge is 0.224 e. The van der Waals surface area contributed by atoms with Crippen LogP contribution in [0.4, 0.5) is 23.1 Å². The molecule has 2 heterocycles. The summed E-state index contributed by atoms with van der Waals surface area (Å²) in [6.07, 6.45) is 4.19. The number of benzene rings is 1. The molecular weight excluding hydrogens is 344 g/mol. The molecule has 2 amide bonds. The van der Waals surface area contributed by atoms with Crippen molar-refractivity contribution in [3.05, 3.63) is 36.5 Å². The number of likely N-dealkylation sites (tertiary alicyclic amines) is 1. The van der Waals surface area contributed by atoms with Gasteiger partial charge in [0, 0.05) is 50.6 Å². The van der Waals surface area contributed by atoms with Gasteiger partial charge in [-0.15, -0.1) is 0 Å². The van der Waals surface area contributed by atoms with Crippen LogP contribution >= 0.6 is 0 Å². The van der Waals surface area contributed by atoms with E-state index in [1.54, 1.807) is 12.3 Å². The molecule has 1 saturated heterocycles. The molecule has 0 bridgehead atoms. The molecule has 142 valence electrons. The van der Waals surface area contributed by atoms with Gasteiger partial charge < -0.3 is 20.9 Å². The number of hydrogen-bond donors (Lipinski definition) is 3. The molecular formula is C19H24N6O2. The predicted octanol–water partition coefficient (Wildman–Crippen LogP) is 2.60. The van der Waals surface area contributed by atoms with Crippen molar-refractivity contribution in [1.82, 2.24) is 14.9 Å². The van der Waals surface area contributed by atoms with Gasteiger partial charge in [-0.1, -0.05) is 0 Å². The first-order chi connectivity index (χ1) is 13.1. The third-order valence-electron chi connectivity index (χ3n) is 4.19. The molecule has 0 unspecified atom stereocenters. The Labute approximate surface area is 158 Å². The van der Waals surface area contributed by atoms with Gasteiger partial charge in [0.25, 0.3) is 0 Å². The zero-order valence-electron chi connectivity index (χ0n) is 15.4. The summed E-state index contributed by atoms with van der Waals surface area (Å²) in [6, 6.07) is 9.17. The van der Waals surface area contributed by atoms with Gasteiger partial charge in [-0.25, -0.2) is 4.98 Å². The van der Waals surface area contributed by atoms with E-state index < -0.39 is 0 Å². The lowest BCUT2D eigenvalue weighted by atomic mass is 10.2. The van der Waals surface area contributed by atoms with Crippen LogP contribution < -0.4 is 16.0 Å². The molecule has 1 aromatic carbocycles. The summed E-state index contributed by atoms with van der Waals surface area (Å²) in [5.41, 5.74) is 1.61. The Bertz CT molecular complexity index is 793. The highest BCUT2D eigenvalue weighted by molar-refractivity contribution is 5.88. The maximum Gasteiger partial charge on any atom is 0.224 e. The zero-order chi connectivity index (χ0) is 19.1. The molecule has 3 N–H and O–H groups in total. The van der Waals surface area contributed by atoms with E-state index in [1.807, 2.05) is 29.2 Å². The summed E-state index contributed by atoms with van der Waals surface area (Å²) in [7, 11) is 0. The van der Waals surface area contributed by atoms with E-state index in [9.17, 15) is 9.59 Å². The monoisotopic (exact) mass is 368 g/mol. The van der Waals surface area contributed by atoms with Gasteiger partial charge in [0.2, 0.25) is 17.8 Å². The standard InChI is InChI=1S/C19H24N6O2/c1-14(26)22-15-5-7-16(8-6-15)23-17-9-11-21-19(24-17)20-10-3-13-25-12-2-4-18(25)27/h5-9,11H,2-4,10,12-13H2,1H3,(H,22,26)(H2,20,21,23,24). The number of rotatable bonds is 8. The number of hydrogen-bond acceptors (Lipinski definition) is 6. The van der Waals surface area contributed by atoms with Gasteiger partial charge in [0.05, 0.1) is 0 Å². The van der Waals surface area contributed by atoms with Crippen LogP contribution in [0.25, 0.3) is 0 Å². The van der Waals surface area contributed by atoms with E-state index in [-0.39, 0.29) is 11.8 Å². The van der Waals surface area contributed by atoms with Gasteiger partial charge in [-0.3, -0.25) is 9.59 Å². The summed E-state index contributed by atoms with van der Waals surface area (Å²) in [6.45, 7) is 3.82. The van der Waals surface area contributed by atoms with E-state index in [4.69, 9.17) is 0 Å². The lowest BCUT2D eigenvalue weighted by molar-refractivity contribution is -0.127. The summed E-state index contributed by atoms with van der Waals surface area (Å²) < 4.78 is 0. The second kappa shape index (κ2) is 8.98. The van der Waals surface area contributed by atoms with E-state index in [0.717, 1.165) is 37.3 Å². The second-order valence-corrected chi connectivity index (χ2v) is 6.41. The fraction of sp³-hybridized carbons (Fsp3) is 0.368. The quantitative estimate of drug-likeness (QED) is 0.620. The van der Waals surface area contributed by atoms with Crippen molar-refractivity contribution in [2.45, 2.75) is 26.2 Å². The van der Waals surface area contributed by atoms with Crippen molar-refractivity contribution in [3.63, 3.8) is 0 Å². The molecule has 8 nitrogen and oxygen atoms in total. The Kier molecular flexibility index (Phi) is 6.19. The third-order valence-corrected chi connectivity index (χ3v) is 4.19. The van der Waals surface area contributed by atoms with Crippen molar-refractivity contribution >= 4 is 35.0 Å². The highest BCUT2D eigenvalue weighted by Crippen LogP contribution is 2.18. The molecule has 0 atom stereocenters. The number of nitrogens with one attached hydrogen (secondary N) is 3. The second-order valence-electron chi connectivity index (χ2n) is 6.41. The van der Waals surface area contributed by atoms with Gasteiger partial charge in [-0.05, 0) is 43.2 Å². The minimum Gasteiger partial charge on any atom is -0.354 e. The fourth-order valence-corrected chi connectivity index (χ4v) is 2.91. The van der Waals surface area contributed by atoms with Crippen molar-refractivity contribution in [1.29, 1.82) is 0 Å². The summed E-state index contributed by atoms with van der Waals surface area (Å²) in [5.74, 6) is 1.37. The minimum atomic E-state index is -0.101. The highest BCUT2D eigenvalue weighted by Gasteiger charge is 2.18. The SMILES string of the molecule is CC(=O)Nc1ccc(Nc2ccnc(NCCCN3CCCC3=O)n2)cc1. The van der Waals surface area contributed by atoms with Crippen LogP contribution in [0.15, 0.2) is 36.5 Å². The number of aromatic nitrogens is 2. The van der Waals surface area contributed by atoms with E-state index in [1.165, 1.54) is 6.92 Å². The lowest BCUT2D eigenvalue weighted by Gasteiger charge is -2.15. The first-order valence-electron chi connectivity index (χ1n) is 9.09. The fourth-order valence-electron chi connectivity index (χ4n) is 2.91. The molecule has 0 radical (unpaired) electrons. The normalized spacial score (nSPS) is 13.5. The number of carbonyl (C=O) groups is 2. The van der Waals surface area contributed by atoms with Crippen LogP contribution in [0, 0.1) is 0 Å². The van der Waals surface area contributed by atoms with E-state index in [2.05, 4.69) is 25.9 Å². The molecule has 0 saturated carbocycles. The molecule has 2 aromatic rings. The average Bonchev–Trinajstić information content (AvgIpc) is 3.05. The topological polar surface area (TPSA) is 99.2 Å². The highest BCUT2D eigenvalue weighted by atomic mass is 16.2. The van der Waals surface area contributed by atoms with Gasteiger partial charge in [-0.2, -0.15) is 4.98 Å². The maximum atomic E-state index is 11.6. The Morgan fingerprint density at radius 2 is 1.96 bits per heavy atom. The van der Waals surface area contributed by atoms with E-state index >= 15 is 0 Å². The van der Waals surface area contributed by atoms with Gasteiger partial charge in [0.15, 0.2) is 0 Å². The molecule has 1 aliphatic heterocycles. The molecule has 0 spiro atoms. The van der Waals surface area contributed by atoms with Crippen molar-refractivity contribution in [2.75, 3.05) is 35.6 Å². The van der Waals surface area contributed by atoms with Gasteiger partial charge in [0.1, 0.15) is 5.82 Å². The van der Waals surface area contributed by atoms with Gasteiger partial charge >= 0.3 is 0 Å². The Hall–Kier alpha value is -3.16. The average molecular weight is 368 g/mol. The summed E-state index contributed by atoms with van der Waals surface area (Å²) >= 11 is 0. The molecule has 3 rings (SSSR count). The van der Waals surface area contributed by atoms with Crippen LogP contribution in [0.2, 0.25) is 0 Å². The molecule has 1 aromatic heterocycles. The van der Waals surface area contributed by atoms with Crippen LogP contribution in [-0.2, 0) is 9.59 Å². The molecule has 27 heavy (non-hydrogen) atoms. The Morgan fingerprint density at radius 3 is 2.67 bits per heavy atom. The van der Waals surface area contributed by atoms with Crippen LogP contribution in [-0.4, -0.2) is 46.3 Å². The van der Waals surface area contributed by atoms with Crippen molar-refractivity contribution < 1.29 is 9.59 Å². The zero-order valence-corrected chi connectivity index (χ0v) is 15.4. The predicted molar refractivity (Wildman–Crippen MR) is 105 cm³/mol. The largest absolute Gasteiger partial charge is 0.354 e. The summed E-state index contributed by atoms with van der Waals surface area (Å²) in [5, 5.41) is 9.13. The maximum absolute atomic E-state index is 11.6. The Balaban J connectivity index is 1.48. The van der Waals surface area contributed by atoms with Crippen LogP contribution in [0.3, 0.4) is 0 Å². The number of carbonyl (C=O) groups excluding carboxylic acids is 2. The van der Waals surface area contributed by atoms with E-state index in [0.29, 0.717) is 24.7 Å².